The fourth-order valence-electron chi connectivity index (χ4n) is 2.63. The maximum atomic E-state index is 12.0. The zero-order chi connectivity index (χ0) is 15.9. The van der Waals surface area contributed by atoms with Gasteiger partial charge in [0.05, 0.1) is 6.54 Å². The lowest BCUT2D eigenvalue weighted by Crippen LogP contribution is -2.36. The number of carbonyl (C=O) groups is 2. The van der Waals surface area contributed by atoms with Crippen molar-refractivity contribution in [1.29, 1.82) is 0 Å². The molecule has 0 radical (unpaired) electrons. The predicted molar refractivity (Wildman–Crippen MR) is 83.0 cm³/mol. The number of rotatable bonds is 5. The van der Waals surface area contributed by atoms with Crippen molar-refractivity contribution in [3.63, 3.8) is 0 Å². The molecule has 1 saturated heterocycles. The summed E-state index contributed by atoms with van der Waals surface area (Å²) in [4.78, 5) is 26.8. The van der Waals surface area contributed by atoms with E-state index in [1.165, 1.54) is 0 Å². The van der Waals surface area contributed by atoms with Crippen LogP contribution in [0.25, 0.3) is 0 Å². The van der Waals surface area contributed by atoms with E-state index >= 15 is 0 Å². The minimum absolute atomic E-state index is 0.0307. The molecule has 2 N–H and O–H groups in total. The van der Waals surface area contributed by atoms with Gasteiger partial charge in [0.25, 0.3) is 0 Å². The largest absolute Gasteiger partial charge is 0.445 e. The van der Waals surface area contributed by atoms with E-state index in [9.17, 15) is 9.59 Å². The molecule has 2 amide bonds. The van der Waals surface area contributed by atoms with E-state index in [4.69, 9.17) is 10.5 Å². The van der Waals surface area contributed by atoms with E-state index in [1.807, 2.05) is 30.3 Å². The van der Waals surface area contributed by atoms with Gasteiger partial charge < -0.3 is 20.3 Å². The van der Waals surface area contributed by atoms with Gasteiger partial charge in [0.1, 0.15) is 6.61 Å². The van der Waals surface area contributed by atoms with E-state index in [0.29, 0.717) is 19.6 Å². The fourth-order valence-corrected chi connectivity index (χ4v) is 2.63. The van der Waals surface area contributed by atoms with Crippen molar-refractivity contribution in [3.05, 3.63) is 35.9 Å². The molecule has 2 rings (SSSR count). The van der Waals surface area contributed by atoms with Gasteiger partial charge in [-0.05, 0) is 17.9 Å². The van der Waals surface area contributed by atoms with Crippen LogP contribution in [0.1, 0.15) is 12.0 Å². The number of ether oxygens (including phenoxy) is 1. The SMILES string of the molecule is CN(C[C@@H]1CCN(C(=O)CN)C1)C(=O)OCc1ccccc1. The van der Waals surface area contributed by atoms with Gasteiger partial charge in [-0.2, -0.15) is 0 Å². The van der Waals surface area contributed by atoms with Crippen LogP contribution in [0, 0.1) is 5.92 Å². The second kappa shape index (κ2) is 7.79. The minimum Gasteiger partial charge on any atom is -0.445 e. The van der Waals surface area contributed by atoms with E-state index in [-0.39, 0.29) is 31.1 Å². The standard InChI is InChI=1S/C16H23N3O3/c1-18(10-14-7-8-19(11-14)15(20)9-17)16(21)22-12-13-5-3-2-4-6-13/h2-6,14H,7-12,17H2,1H3/t14-/m0/s1. The molecule has 1 aromatic rings. The summed E-state index contributed by atoms with van der Waals surface area (Å²) < 4.78 is 5.28. The fraction of sp³-hybridized carbons (Fsp3) is 0.500. The monoisotopic (exact) mass is 305 g/mol. The Morgan fingerprint density at radius 3 is 2.77 bits per heavy atom. The van der Waals surface area contributed by atoms with Gasteiger partial charge in [0.15, 0.2) is 0 Å². The predicted octanol–water partition coefficient (Wildman–Crippen LogP) is 1.06. The van der Waals surface area contributed by atoms with Crippen LogP contribution in [0.15, 0.2) is 30.3 Å². The number of nitrogens with two attached hydrogens (primary N) is 1. The van der Waals surface area contributed by atoms with Crippen LogP contribution in [0.4, 0.5) is 4.79 Å². The molecule has 1 aromatic carbocycles. The van der Waals surface area contributed by atoms with Crippen LogP contribution in [0.2, 0.25) is 0 Å². The van der Waals surface area contributed by atoms with Crippen LogP contribution >= 0.6 is 0 Å². The lowest BCUT2D eigenvalue weighted by molar-refractivity contribution is -0.128. The molecule has 0 spiro atoms. The summed E-state index contributed by atoms with van der Waals surface area (Å²) in [7, 11) is 1.72. The number of nitrogens with zero attached hydrogens (tertiary/aromatic N) is 2. The lowest BCUT2D eigenvalue weighted by atomic mass is 10.1. The number of amides is 2. The number of hydrogen-bond acceptors (Lipinski definition) is 4. The normalized spacial score (nSPS) is 17.4. The van der Waals surface area contributed by atoms with Gasteiger partial charge in [-0.1, -0.05) is 30.3 Å². The summed E-state index contributed by atoms with van der Waals surface area (Å²) in [5.41, 5.74) is 6.33. The lowest BCUT2D eigenvalue weighted by Gasteiger charge is -2.21. The first kappa shape index (κ1) is 16.3. The van der Waals surface area contributed by atoms with Crippen molar-refractivity contribution < 1.29 is 14.3 Å². The number of carbonyl (C=O) groups excluding carboxylic acids is 2. The summed E-state index contributed by atoms with van der Waals surface area (Å²) in [6.07, 6.45) is 0.551. The summed E-state index contributed by atoms with van der Waals surface area (Å²) in [6, 6.07) is 9.58. The van der Waals surface area contributed by atoms with Crippen LogP contribution in [0.5, 0.6) is 0 Å². The summed E-state index contributed by atoms with van der Waals surface area (Å²) in [6.45, 7) is 2.27. The quantitative estimate of drug-likeness (QED) is 0.882. The average Bonchev–Trinajstić information content (AvgIpc) is 3.01. The number of likely N-dealkylation sites (tertiary alicyclic amines) is 1. The highest BCUT2D eigenvalue weighted by Gasteiger charge is 2.27. The molecule has 0 bridgehead atoms. The second-order valence-corrected chi connectivity index (χ2v) is 5.62. The number of benzene rings is 1. The first-order valence-electron chi connectivity index (χ1n) is 7.49. The molecule has 1 fully saturated rings. The third-order valence-electron chi connectivity index (χ3n) is 3.86. The second-order valence-electron chi connectivity index (χ2n) is 5.62. The van der Waals surface area contributed by atoms with Crippen LogP contribution in [-0.2, 0) is 16.1 Å². The van der Waals surface area contributed by atoms with Crippen LogP contribution in [0.3, 0.4) is 0 Å². The maximum Gasteiger partial charge on any atom is 0.409 e. The first-order chi connectivity index (χ1) is 10.6. The molecule has 1 atom stereocenters. The van der Waals surface area contributed by atoms with Gasteiger partial charge in [-0.15, -0.1) is 0 Å². The topological polar surface area (TPSA) is 75.9 Å². The molecule has 6 nitrogen and oxygen atoms in total. The maximum absolute atomic E-state index is 12.0. The number of hydrogen-bond donors (Lipinski definition) is 1. The van der Waals surface area contributed by atoms with Crippen molar-refractivity contribution in [2.45, 2.75) is 13.0 Å². The molecule has 1 aliphatic heterocycles. The highest BCUT2D eigenvalue weighted by molar-refractivity contribution is 5.78. The molecule has 120 valence electrons. The van der Waals surface area contributed by atoms with Gasteiger partial charge in [-0.25, -0.2) is 4.79 Å². The first-order valence-corrected chi connectivity index (χ1v) is 7.49. The zero-order valence-corrected chi connectivity index (χ0v) is 12.9. The Morgan fingerprint density at radius 2 is 2.09 bits per heavy atom. The van der Waals surface area contributed by atoms with Gasteiger partial charge in [0, 0.05) is 26.7 Å². The Kier molecular flexibility index (Phi) is 5.77. The summed E-state index contributed by atoms with van der Waals surface area (Å²) in [5.74, 6) is 0.251. The summed E-state index contributed by atoms with van der Waals surface area (Å²) >= 11 is 0. The molecule has 0 saturated carbocycles. The highest BCUT2D eigenvalue weighted by atomic mass is 16.6. The Morgan fingerprint density at radius 1 is 1.36 bits per heavy atom. The molecule has 0 unspecified atom stereocenters. The molecule has 22 heavy (non-hydrogen) atoms. The van der Waals surface area contributed by atoms with E-state index in [2.05, 4.69) is 0 Å². The van der Waals surface area contributed by atoms with Gasteiger partial charge in [0.2, 0.25) is 5.91 Å². The van der Waals surface area contributed by atoms with Crippen molar-refractivity contribution in [2.24, 2.45) is 11.7 Å². The Labute approximate surface area is 130 Å². The minimum atomic E-state index is -0.340. The van der Waals surface area contributed by atoms with Crippen LogP contribution in [-0.4, -0.2) is 55.0 Å². The average molecular weight is 305 g/mol. The van der Waals surface area contributed by atoms with Gasteiger partial charge in [-0.3, -0.25) is 4.79 Å². The molecule has 1 heterocycles. The molecule has 0 aromatic heterocycles. The van der Waals surface area contributed by atoms with Crippen molar-refractivity contribution >= 4 is 12.0 Å². The Balaban J connectivity index is 1.74. The van der Waals surface area contributed by atoms with E-state index in [0.717, 1.165) is 12.0 Å². The van der Waals surface area contributed by atoms with Crippen molar-refractivity contribution in [3.8, 4) is 0 Å². The van der Waals surface area contributed by atoms with Gasteiger partial charge >= 0.3 is 6.09 Å². The van der Waals surface area contributed by atoms with Crippen LogP contribution < -0.4 is 5.73 Å². The highest BCUT2D eigenvalue weighted by Crippen LogP contribution is 2.17. The van der Waals surface area contributed by atoms with Crippen molar-refractivity contribution in [2.75, 3.05) is 33.2 Å². The molecular weight excluding hydrogens is 282 g/mol. The molecular formula is C16H23N3O3. The van der Waals surface area contributed by atoms with E-state index in [1.54, 1.807) is 16.8 Å². The van der Waals surface area contributed by atoms with Crippen molar-refractivity contribution in [1.82, 2.24) is 9.80 Å². The molecule has 6 heteroatoms. The molecule has 1 aliphatic rings. The Hall–Kier alpha value is -2.08. The third kappa shape index (κ3) is 4.46. The third-order valence-corrected chi connectivity index (χ3v) is 3.86. The van der Waals surface area contributed by atoms with E-state index < -0.39 is 0 Å². The summed E-state index contributed by atoms with van der Waals surface area (Å²) in [5, 5.41) is 0. The smallest absolute Gasteiger partial charge is 0.409 e. The zero-order valence-electron chi connectivity index (χ0n) is 12.9. The molecule has 0 aliphatic carbocycles. The Bertz CT molecular complexity index is 507.